The molecule has 0 saturated carbocycles. The number of carboxylic acids is 1. The van der Waals surface area contributed by atoms with E-state index in [-0.39, 0.29) is 0 Å². The average molecular weight is 274 g/mol. The highest BCUT2D eigenvalue weighted by atomic mass is 32.1. The van der Waals surface area contributed by atoms with Gasteiger partial charge in [-0.25, -0.2) is 4.79 Å². The van der Waals surface area contributed by atoms with Crippen LogP contribution in [0.2, 0.25) is 0 Å². The van der Waals surface area contributed by atoms with Crippen molar-refractivity contribution in [1.82, 2.24) is 0 Å². The second-order valence-electron chi connectivity index (χ2n) is 3.95. The summed E-state index contributed by atoms with van der Waals surface area (Å²) in [7, 11) is 0. The number of benzene rings is 1. The van der Waals surface area contributed by atoms with Crippen LogP contribution in [-0.2, 0) is 22.7 Å². The summed E-state index contributed by atoms with van der Waals surface area (Å²) in [6.07, 6.45) is 2.74. The minimum Gasteiger partial charge on any atom is -0.478 e. The molecular weight excluding hydrogens is 260 g/mol. The third-order valence-corrected chi connectivity index (χ3v) is 3.44. The van der Waals surface area contributed by atoms with E-state index in [1.807, 2.05) is 41.8 Å². The largest absolute Gasteiger partial charge is 0.478 e. The van der Waals surface area contributed by atoms with E-state index < -0.39 is 5.97 Å². The summed E-state index contributed by atoms with van der Waals surface area (Å²) in [6.45, 7) is 1.05. The van der Waals surface area contributed by atoms with E-state index in [1.165, 1.54) is 0 Å². The van der Waals surface area contributed by atoms with Crippen molar-refractivity contribution in [2.24, 2.45) is 0 Å². The van der Waals surface area contributed by atoms with Crippen molar-refractivity contribution >= 4 is 23.4 Å². The lowest BCUT2D eigenvalue weighted by molar-refractivity contribution is -0.131. The van der Waals surface area contributed by atoms with Crippen LogP contribution in [0.5, 0.6) is 0 Å². The summed E-state index contributed by atoms with van der Waals surface area (Å²) >= 11 is 1.57. The first kappa shape index (κ1) is 13.5. The molecule has 1 aromatic carbocycles. The number of rotatable bonds is 6. The quantitative estimate of drug-likeness (QED) is 0.819. The Labute approximate surface area is 115 Å². The fourth-order valence-electron chi connectivity index (χ4n) is 1.61. The molecule has 0 radical (unpaired) electrons. The summed E-state index contributed by atoms with van der Waals surface area (Å²) in [5, 5.41) is 10.5. The van der Waals surface area contributed by atoms with E-state index in [2.05, 4.69) is 0 Å². The number of aliphatic carboxylic acids is 1. The fourth-order valence-corrected chi connectivity index (χ4v) is 2.42. The van der Waals surface area contributed by atoms with Crippen molar-refractivity contribution in [2.75, 3.05) is 0 Å². The minimum atomic E-state index is -0.942. The van der Waals surface area contributed by atoms with E-state index in [9.17, 15) is 4.79 Å². The Morgan fingerprint density at radius 1 is 1.21 bits per heavy atom. The third-order valence-electron chi connectivity index (χ3n) is 2.53. The van der Waals surface area contributed by atoms with E-state index in [4.69, 9.17) is 9.84 Å². The number of thiophene rings is 1. The van der Waals surface area contributed by atoms with Gasteiger partial charge in [-0.3, -0.25) is 0 Å². The van der Waals surface area contributed by atoms with Crippen LogP contribution in [0, 0.1) is 0 Å². The molecule has 0 bridgehead atoms. The van der Waals surface area contributed by atoms with Gasteiger partial charge in [-0.05, 0) is 28.6 Å². The first-order valence-electron chi connectivity index (χ1n) is 5.85. The molecule has 2 aromatic rings. The second kappa shape index (κ2) is 6.87. The van der Waals surface area contributed by atoms with Gasteiger partial charge < -0.3 is 9.84 Å². The van der Waals surface area contributed by atoms with Crippen LogP contribution in [0.1, 0.15) is 16.0 Å². The lowest BCUT2D eigenvalue weighted by Crippen LogP contribution is -1.93. The van der Waals surface area contributed by atoms with Gasteiger partial charge in [0.05, 0.1) is 13.2 Å². The van der Waals surface area contributed by atoms with Gasteiger partial charge in [0.25, 0.3) is 0 Å². The van der Waals surface area contributed by atoms with Gasteiger partial charge >= 0.3 is 5.97 Å². The molecule has 0 aliphatic carbocycles. The topological polar surface area (TPSA) is 46.5 Å². The second-order valence-corrected chi connectivity index (χ2v) is 4.95. The van der Waals surface area contributed by atoms with E-state index in [0.29, 0.717) is 13.2 Å². The Hall–Kier alpha value is -1.91. The molecule has 1 heterocycles. The Balaban J connectivity index is 1.90. The molecule has 2 rings (SSSR count). The van der Waals surface area contributed by atoms with Crippen LogP contribution < -0.4 is 0 Å². The lowest BCUT2D eigenvalue weighted by atomic mass is 10.2. The number of ether oxygens (including phenoxy) is 1. The fraction of sp³-hybridized carbons (Fsp3) is 0.133. The number of carboxylic acid groups (broad SMARTS) is 1. The SMILES string of the molecule is O=C(O)C=Cc1ccsc1COCc1ccccc1. The van der Waals surface area contributed by atoms with Gasteiger partial charge in [0.1, 0.15) is 0 Å². The summed E-state index contributed by atoms with van der Waals surface area (Å²) in [4.78, 5) is 11.5. The maximum absolute atomic E-state index is 10.5. The van der Waals surface area contributed by atoms with E-state index in [0.717, 1.165) is 22.1 Å². The maximum Gasteiger partial charge on any atom is 0.328 e. The van der Waals surface area contributed by atoms with Crippen molar-refractivity contribution in [3.8, 4) is 0 Å². The van der Waals surface area contributed by atoms with Crippen LogP contribution in [0.4, 0.5) is 0 Å². The number of hydrogen-bond acceptors (Lipinski definition) is 3. The molecule has 4 heteroatoms. The molecule has 3 nitrogen and oxygen atoms in total. The predicted molar refractivity (Wildman–Crippen MR) is 75.9 cm³/mol. The highest BCUT2D eigenvalue weighted by molar-refractivity contribution is 7.10. The third kappa shape index (κ3) is 4.35. The molecule has 19 heavy (non-hydrogen) atoms. The van der Waals surface area contributed by atoms with Gasteiger partial charge in [0.15, 0.2) is 0 Å². The monoisotopic (exact) mass is 274 g/mol. The van der Waals surface area contributed by atoms with Crippen LogP contribution in [0.3, 0.4) is 0 Å². The zero-order valence-electron chi connectivity index (χ0n) is 10.3. The number of carbonyl (C=O) groups is 1. The Bertz CT molecular complexity index is 558. The van der Waals surface area contributed by atoms with Gasteiger partial charge in [-0.15, -0.1) is 11.3 Å². The lowest BCUT2D eigenvalue weighted by Gasteiger charge is -2.03. The predicted octanol–water partition coefficient (Wildman–Crippen LogP) is 3.56. The molecule has 0 amide bonds. The molecule has 0 atom stereocenters. The van der Waals surface area contributed by atoms with Crippen molar-refractivity contribution in [3.05, 3.63) is 63.9 Å². The molecular formula is C15H14O3S. The first-order valence-corrected chi connectivity index (χ1v) is 6.73. The van der Waals surface area contributed by atoms with Crippen LogP contribution >= 0.6 is 11.3 Å². The average Bonchev–Trinajstić information content (AvgIpc) is 2.85. The molecule has 0 aliphatic rings. The van der Waals surface area contributed by atoms with E-state index >= 15 is 0 Å². The van der Waals surface area contributed by atoms with Gasteiger partial charge in [0, 0.05) is 11.0 Å². The summed E-state index contributed by atoms with van der Waals surface area (Å²) < 4.78 is 5.64. The molecule has 0 fully saturated rings. The summed E-state index contributed by atoms with van der Waals surface area (Å²) in [6, 6.07) is 11.8. The summed E-state index contributed by atoms with van der Waals surface area (Å²) in [5.41, 5.74) is 2.03. The van der Waals surface area contributed by atoms with Crippen molar-refractivity contribution in [3.63, 3.8) is 0 Å². The Morgan fingerprint density at radius 2 is 2.00 bits per heavy atom. The molecule has 0 saturated heterocycles. The maximum atomic E-state index is 10.5. The highest BCUT2D eigenvalue weighted by Crippen LogP contribution is 2.20. The normalized spacial score (nSPS) is 10.9. The standard InChI is InChI=1S/C15H14O3S/c16-15(17)7-6-13-8-9-19-14(13)11-18-10-12-4-2-1-3-5-12/h1-9H,10-11H2,(H,16,17). The molecule has 0 aliphatic heterocycles. The van der Waals surface area contributed by atoms with Gasteiger partial charge in [-0.1, -0.05) is 30.3 Å². The highest BCUT2D eigenvalue weighted by Gasteiger charge is 2.02. The van der Waals surface area contributed by atoms with Gasteiger partial charge in [0.2, 0.25) is 0 Å². The molecule has 1 N–H and O–H groups in total. The molecule has 1 aromatic heterocycles. The van der Waals surface area contributed by atoms with Crippen molar-refractivity contribution < 1.29 is 14.6 Å². The Kier molecular flexibility index (Phi) is 4.89. The minimum absolute atomic E-state index is 0.492. The van der Waals surface area contributed by atoms with Crippen LogP contribution in [-0.4, -0.2) is 11.1 Å². The molecule has 98 valence electrons. The van der Waals surface area contributed by atoms with Crippen molar-refractivity contribution in [2.45, 2.75) is 13.2 Å². The van der Waals surface area contributed by atoms with E-state index in [1.54, 1.807) is 17.4 Å². The van der Waals surface area contributed by atoms with Crippen LogP contribution in [0.15, 0.2) is 47.9 Å². The van der Waals surface area contributed by atoms with Gasteiger partial charge in [-0.2, -0.15) is 0 Å². The summed E-state index contributed by atoms with van der Waals surface area (Å²) in [5.74, 6) is -0.942. The smallest absolute Gasteiger partial charge is 0.328 e. The number of hydrogen-bond donors (Lipinski definition) is 1. The first-order chi connectivity index (χ1) is 9.25. The molecule has 0 unspecified atom stereocenters. The Morgan fingerprint density at radius 3 is 2.74 bits per heavy atom. The zero-order valence-corrected chi connectivity index (χ0v) is 11.1. The molecule has 0 spiro atoms. The zero-order chi connectivity index (χ0) is 13.5. The van der Waals surface area contributed by atoms with Crippen molar-refractivity contribution in [1.29, 1.82) is 0 Å². The van der Waals surface area contributed by atoms with Crippen LogP contribution in [0.25, 0.3) is 6.08 Å².